The zero-order chi connectivity index (χ0) is 10.5. The summed E-state index contributed by atoms with van der Waals surface area (Å²) in [5, 5.41) is 2.68. The van der Waals surface area contributed by atoms with Gasteiger partial charge in [-0.1, -0.05) is 47.0 Å². The van der Waals surface area contributed by atoms with Gasteiger partial charge in [0.05, 0.1) is 0 Å². The zero-order valence-electron chi connectivity index (χ0n) is 9.65. The molecule has 0 radical (unpaired) electrons. The minimum atomic E-state index is 0.204. The zero-order valence-corrected chi connectivity index (χ0v) is 9.65. The highest BCUT2D eigenvalue weighted by molar-refractivity contribution is 5.77. The molecular formula is C11H25NO. The molecule has 0 aromatic rings. The molecule has 1 heterocycles. The Hall–Kier alpha value is -0.530. The van der Waals surface area contributed by atoms with Crippen molar-refractivity contribution in [3.8, 4) is 0 Å². The van der Waals surface area contributed by atoms with E-state index in [0.717, 1.165) is 19.4 Å². The Morgan fingerprint density at radius 1 is 1.15 bits per heavy atom. The fraction of sp³-hybridized carbons (Fsp3) is 0.909. The number of hydrogen-bond acceptors (Lipinski definition) is 1. The van der Waals surface area contributed by atoms with E-state index in [1.54, 1.807) is 0 Å². The highest BCUT2D eigenvalue weighted by Gasteiger charge is 2.05. The molecule has 0 saturated carbocycles. The molecule has 1 amide bonds. The average Bonchev–Trinajstić information content (AvgIpc) is 2.58. The van der Waals surface area contributed by atoms with Gasteiger partial charge in [-0.15, -0.1) is 0 Å². The van der Waals surface area contributed by atoms with Crippen LogP contribution in [0.15, 0.2) is 0 Å². The molecular weight excluding hydrogens is 162 g/mol. The molecule has 0 spiro atoms. The molecule has 1 N–H and O–H groups in total. The van der Waals surface area contributed by atoms with Crippen LogP contribution in [-0.2, 0) is 4.79 Å². The van der Waals surface area contributed by atoms with Crippen molar-refractivity contribution in [2.24, 2.45) is 0 Å². The highest BCUT2D eigenvalue weighted by Crippen LogP contribution is 1.93. The Morgan fingerprint density at radius 2 is 1.62 bits per heavy atom. The summed E-state index contributed by atoms with van der Waals surface area (Å²) in [5.41, 5.74) is 0. The molecule has 1 rings (SSSR count). The van der Waals surface area contributed by atoms with Gasteiger partial charge in [-0.2, -0.15) is 0 Å². The number of carbonyl (C=O) groups is 1. The Morgan fingerprint density at radius 3 is 1.69 bits per heavy atom. The average molecular weight is 187 g/mol. The first-order valence-electron chi connectivity index (χ1n) is 5.49. The van der Waals surface area contributed by atoms with Crippen LogP contribution in [0, 0.1) is 0 Å². The van der Waals surface area contributed by atoms with Gasteiger partial charge in [-0.05, 0) is 6.42 Å². The van der Waals surface area contributed by atoms with Crippen LogP contribution >= 0.6 is 0 Å². The molecule has 2 heteroatoms. The van der Waals surface area contributed by atoms with Gasteiger partial charge in [0.15, 0.2) is 0 Å². The summed E-state index contributed by atoms with van der Waals surface area (Å²) in [7, 11) is 0. The SMILES string of the molecule is CCC.CCCC.O=C1CCCN1. The quantitative estimate of drug-likeness (QED) is 0.671. The molecule has 0 unspecified atom stereocenters. The van der Waals surface area contributed by atoms with Gasteiger partial charge in [0.2, 0.25) is 5.91 Å². The van der Waals surface area contributed by atoms with Crippen LogP contribution in [0.4, 0.5) is 0 Å². The fourth-order valence-electron chi connectivity index (χ4n) is 0.565. The number of rotatable bonds is 1. The molecule has 0 aromatic carbocycles. The summed E-state index contributed by atoms with van der Waals surface area (Å²) in [4.78, 5) is 10.1. The predicted octanol–water partition coefficient (Wildman–Crippen LogP) is 3.12. The summed E-state index contributed by atoms with van der Waals surface area (Å²) in [6, 6.07) is 0. The van der Waals surface area contributed by atoms with Crippen LogP contribution in [0.3, 0.4) is 0 Å². The topological polar surface area (TPSA) is 29.1 Å². The Labute approximate surface area is 83.1 Å². The van der Waals surface area contributed by atoms with Gasteiger partial charge in [0.25, 0.3) is 0 Å². The van der Waals surface area contributed by atoms with Crippen LogP contribution in [0.25, 0.3) is 0 Å². The van der Waals surface area contributed by atoms with E-state index in [1.165, 1.54) is 19.3 Å². The first-order chi connectivity index (χ1) is 6.22. The maximum absolute atomic E-state index is 10.1. The maximum atomic E-state index is 10.1. The third kappa shape index (κ3) is 18.4. The number of unbranched alkanes of at least 4 members (excludes halogenated alkanes) is 1. The van der Waals surface area contributed by atoms with Crippen molar-refractivity contribution in [1.29, 1.82) is 0 Å². The van der Waals surface area contributed by atoms with Crippen molar-refractivity contribution in [2.75, 3.05) is 6.54 Å². The number of carbonyl (C=O) groups excluding carboxylic acids is 1. The lowest BCUT2D eigenvalue weighted by Crippen LogP contribution is -2.12. The van der Waals surface area contributed by atoms with Crippen molar-refractivity contribution in [2.45, 2.75) is 59.8 Å². The summed E-state index contributed by atoms with van der Waals surface area (Å²) < 4.78 is 0. The molecule has 2 nitrogen and oxygen atoms in total. The molecule has 80 valence electrons. The molecule has 1 saturated heterocycles. The monoisotopic (exact) mass is 187 g/mol. The van der Waals surface area contributed by atoms with E-state index in [4.69, 9.17) is 0 Å². The molecule has 0 aliphatic carbocycles. The number of hydrogen-bond donors (Lipinski definition) is 1. The van der Waals surface area contributed by atoms with E-state index < -0.39 is 0 Å². The van der Waals surface area contributed by atoms with Crippen molar-refractivity contribution in [3.63, 3.8) is 0 Å². The lowest BCUT2D eigenvalue weighted by molar-refractivity contribution is -0.119. The van der Waals surface area contributed by atoms with Crippen molar-refractivity contribution < 1.29 is 4.79 Å². The predicted molar refractivity (Wildman–Crippen MR) is 58.8 cm³/mol. The van der Waals surface area contributed by atoms with Gasteiger partial charge < -0.3 is 5.32 Å². The molecule has 1 aliphatic rings. The first kappa shape index (κ1) is 15.0. The van der Waals surface area contributed by atoms with E-state index in [0.29, 0.717) is 0 Å². The normalized spacial score (nSPS) is 13.4. The second-order valence-corrected chi connectivity index (χ2v) is 3.16. The van der Waals surface area contributed by atoms with Crippen LogP contribution in [0.5, 0.6) is 0 Å². The van der Waals surface area contributed by atoms with Gasteiger partial charge in [-0.25, -0.2) is 0 Å². The summed E-state index contributed by atoms with van der Waals surface area (Å²) >= 11 is 0. The van der Waals surface area contributed by atoms with E-state index in [9.17, 15) is 4.79 Å². The lowest BCUT2D eigenvalue weighted by Gasteiger charge is -1.80. The van der Waals surface area contributed by atoms with Gasteiger partial charge in [0.1, 0.15) is 0 Å². The van der Waals surface area contributed by atoms with Crippen LogP contribution < -0.4 is 5.32 Å². The molecule has 13 heavy (non-hydrogen) atoms. The Kier molecular flexibility index (Phi) is 16.1. The smallest absolute Gasteiger partial charge is 0.220 e. The molecule has 1 aliphatic heterocycles. The van der Waals surface area contributed by atoms with Crippen LogP contribution in [0.2, 0.25) is 0 Å². The lowest BCUT2D eigenvalue weighted by atomic mass is 10.4. The molecule has 0 aromatic heterocycles. The first-order valence-corrected chi connectivity index (χ1v) is 5.49. The number of amides is 1. The standard InChI is InChI=1S/C4H7NO.C4H10.C3H8/c6-4-2-1-3-5-4;1-3-4-2;1-3-2/h1-3H2,(H,5,6);3-4H2,1-2H3;3H2,1-2H3. The second kappa shape index (κ2) is 14.0. The minimum Gasteiger partial charge on any atom is -0.356 e. The second-order valence-electron chi connectivity index (χ2n) is 3.16. The van der Waals surface area contributed by atoms with Gasteiger partial charge >= 0.3 is 0 Å². The largest absolute Gasteiger partial charge is 0.356 e. The van der Waals surface area contributed by atoms with E-state index in [-0.39, 0.29) is 5.91 Å². The third-order valence-corrected chi connectivity index (χ3v) is 1.40. The van der Waals surface area contributed by atoms with Crippen molar-refractivity contribution >= 4 is 5.91 Å². The van der Waals surface area contributed by atoms with E-state index in [2.05, 4.69) is 33.0 Å². The highest BCUT2D eigenvalue weighted by atomic mass is 16.1. The summed E-state index contributed by atoms with van der Waals surface area (Å²) in [5.74, 6) is 0.204. The van der Waals surface area contributed by atoms with Crippen molar-refractivity contribution in [3.05, 3.63) is 0 Å². The molecule has 1 fully saturated rings. The third-order valence-electron chi connectivity index (χ3n) is 1.40. The minimum absolute atomic E-state index is 0.204. The van der Waals surface area contributed by atoms with E-state index in [1.807, 2.05) is 0 Å². The molecule has 0 atom stereocenters. The van der Waals surface area contributed by atoms with Crippen LogP contribution in [-0.4, -0.2) is 12.5 Å². The van der Waals surface area contributed by atoms with E-state index >= 15 is 0 Å². The van der Waals surface area contributed by atoms with Gasteiger partial charge in [0, 0.05) is 13.0 Å². The fourth-order valence-corrected chi connectivity index (χ4v) is 0.565. The summed E-state index contributed by atoms with van der Waals surface area (Å²) in [6.07, 6.45) is 5.65. The maximum Gasteiger partial charge on any atom is 0.220 e. The summed E-state index contributed by atoms with van der Waals surface area (Å²) in [6.45, 7) is 9.50. The van der Waals surface area contributed by atoms with Gasteiger partial charge in [-0.3, -0.25) is 4.79 Å². The Bertz CT molecular complexity index is 92.3. The number of nitrogens with one attached hydrogen (secondary N) is 1. The Balaban J connectivity index is 0. The van der Waals surface area contributed by atoms with Crippen LogP contribution in [0.1, 0.15) is 59.8 Å². The molecule has 0 bridgehead atoms. The van der Waals surface area contributed by atoms with Crippen molar-refractivity contribution in [1.82, 2.24) is 5.32 Å².